The molecule has 2 heterocycles. The van der Waals surface area contributed by atoms with Crippen molar-refractivity contribution in [2.75, 3.05) is 6.54 Å². The SMILES string of the molecule is CCCNC(c1ccc(C)nc1)c1cc(C)nc(C)c1. The smallest absolute Gasteiger partial charge is 0.0593 e. The number of aromatic nitrogens is 2. The van der Waals surface area contributed by atoms with Crippen LogP contribution in [0.15, 0.2) is 30.5 Å². The average Bonchev–Trinajstić information content (AvgIpc) is 2.40. The monoisotopic (exact) mass is 269 g/mol. The van der Waals surface area contributed by atoms with Crippen molar-refractivity contribution in [2.45, 2.75) is 40.2 Å². The Hall–Kier alpha value is -1.74. The fourth-order valence-electron chi connectivity index (χ4n) is 2.40. The van der Waals surface area contributed by atoms with Gasteiger partial charge in [-0.3, -0.25) is 9.97 Å². The molecule has 20 heavy (non-hydrogen) atoms. The van der Waals surface area contributed by atoms with Gasteiger partial charge in [-0.25, -0.2) is 0 Å². The van der Waals surface area contributed by atoms with Crippen LogP contribution in [0.3, 0.4) is 0 Å². The van der Waals surface area contributed by atoms with Gasteiger partial charge in [-0.05, 0) is 63.1 Å². The Labute approximate surface area is 121 Å². The predicted octanol–water partition coefficient (Wildman–Crippen LogP) is 3.49. The molecule has 1 unspecified atom stereocenters. The third-order valence-electron chi connectivity index (χ3n) is 3.30. The maximum atomic E-state index is 4.46. The van der Waals surface area contributed by atoms with Gasteiger partial charge in [-0.2, -0.15) is 0 Å². The molecule has 1 atom stereocenters. The molecule has 0 aliphatic carbocycles. The molecule has 3 heteroatoms. The van der Waals surface area contributed by atoms with Crippen molar-refractivity contribution in [3.8, 4) is 0 Å². The first-order chi connectivity index (χ1) is 9.60. The van der Waals surface area contributed by atoms with Gasteiger partial charge in [-0.15, -0.1) is 0 Å². The summed E-state index contributed by atoms with van der Waals surface area (Å²) < 4.78 is 0. The van der Waals surface area contributed by atoms with Gasteiger partial charge in [0.15, 0.2) is 0 Å². The van der Waals surface area contributed by atoms with Gasteiger partial charge in [-0.1, -0.05) is 13.0 Å². The van der Waals surface area contributed by atoms with Crippen LogP contribution >= 0.6 is 0 Å². The maximum Gasteiger partial charge on any atom is 0.0593 e. The quantitative estimate of drug-likeness (QED) is 0.903. The van der Waals surface area contributed by atoms with Gasteiger partial charge in [0.05, 0.1) is 6.04 Å². The summed E-state index contributed by atoms with van der Waals surface area (Å²) in [6, 6.07) is 8.71. The highest BCUT2D eigenvalue weighted by Gasteiger charge is 2.14. The number of aryl methyl sites for hydroxylation is 3. The Kier molecular flexibility index (Phi) is 4.85. The van der Waals surface area contributed by atoms with Crippen LogP contribution < -0.4 is 5.32 Å². The lowest BCUT2D eigenvalue weighted by Crippen LogP contribution is -2.23. The van der Waals surface area contributed by atoms with Crippen molar-refractivity contribution in [2.24, 2.45) is 0 Å². The maximum absolute atomic E-state index is 4.46. The number of hydrogen-bond donors (Lipinski definition) is 1. The zero-order chi connectivity index (χ0) is 14.5. The summed E-state index contributed by atoms with van der Waals surface area (Å²) in [5.74, 6) is 0. The Morgan fingerprint density at radius 2 is 1.70 bits per heavy atom. The molecule has 106 valence electrons. The molecule has 0 saturated heterocycles. The van der Waals surface area contributed by atoms with E-state index in [2.05, 4.69) is 46.5 Å². The van der Waals surface area contributed by atoms with E-state index in [4.69, 9.17) is 0 Å². The first kappa shape index (κ1) is 14.7. The van der Waals surface area contributed by atoms with Gasteiger partial charge >= 0.3 is 0 Å². The van der Waals surface area contributed by atoms with Crippen LogP contribution in [0.5, 0.6) is 0 Å². The molecular formula is C17H23N3. The first-order valence-electron chi connectivity index (χ1n) is 7.21. The van der Waals surface area contributed by atoms with Crippen LogP contribution in [0.4, 0.5) is 0 Å². The third kappa shape index (κ3) is 3.64. The van der Waals surface area contributed by atoms with E-state index in [0.717, 1.165) is 30.0 Å². The van der Waals surface area contributed by atoms with Gasteiger partial charge in [0.2, 0.25) is 0 Å². The number of nitrogens with zero attached hydrogens (tertiary/aromatic N) is 2. The molecular weight excluding hydrogens is 246 g/mol. The van der Waals surface area contributed by atoms with E-state index < -0.39 is 0 Å². The van der Waals surface area contributed by atoms with E-state index in [0.29, 0.717) is 0 Å². The zero-order valence-corrected chi connectivity index (χ0v) is 12.8. The topological polar surface area (TPSA) is 37.8 Å². The number of nitrogens with one attached hydrogen (secondary N) is 1. The summed E-state index contributed by atoms with van der Waals surface area (Å²) in [5.41, 5.74) is 5.62. The molecule has 2 aromatic rings. The van der Waals surface area contributed by atoms with Crippen molar-refractivity contribution in [3.05, 3.63) is 58.7 Å². The molecule has 2 aromatic heterocycles. The molecule has 0 aliphatic rings. The lowest BCUT2D eigenvalue weighted by Gasteiger charge is -2.20. The van der Waals surface area contributed by atoms with Crippen LogP contribution in [-0.4, -0.2) is 16.5 Å². The minimum absolute atomic E-state index is 0.184. The fraction of sp³-hybridized carbons (Fsp3) is 0.412. The molecule has 2 rings (SSSR count). The largest absolute Gasteiger partial charge is 0.306 e. The number of pyridine rings is 2. The molecule has 0 spiro atoms. The van der Waals surface area contributed by atoms with E-state index in [1.54, 1.807) is 0 Å². The van der Waals surface area contributed by atoms with Gasteiger partial charge in [0, 0.05) is 23.3 Å². The average molecular weight is 269 g/mol. The summed E-state index contributed by atoms with van der Waals surface area (Å²) >= 11 is 0. The molecule has 0 amide bonds. The van der Waals surface area contributed by atoms with Crippen LogP contribution in [0.2, 0.25) is 0 Å². The molecule has 0 radical (unpaired) electrons. The van der Waals surface area contributed by atoms with E-state index in [9.17, 15) is 0 Å². The Morgan fingerprint density at radius 1 is 1.00 bits per heavy atom. The summed E-state index contributed by atoms with van der Waals surface area (Å²) in [7, 11) is 0. The third-order valence-corrected chi connectivity index (χ3v) is 3.30. The van der Waals surface area contributed by atoms with E-state index >= 15 is 0 Å². The first-order valence-corrected chi connectivity index (χ1v) is 7.21. The summed E-state index contributed by atoms with van der Waals surface area (Å²) in [6.45, 7) is 9.26. The van der Waals surface area contributed by atoms with E-state index in [1.165, 1.54) is 11.1 Å². The van der Waals surface area contributed by atoms with Crippen LogP contribution in [0.1, 0.15) is 47.6 Å². The predicted molar refractivity (Wildman–Crippen MR) is 82.8 cm³/mol. The molecule has 0 aliphatic heterocycles. The summed E-state index contributed by atoms with van der Waals surface area (Å²) in [6.07, 6.45) is 3.08. The molecule has 1 N–H and O–H groups in total. The van der Waals surface area contributed by atoms with E-state index in [-0.39, 0.29) is 6.04 Å². The Balaban J connectivity index is 2.38. The zero-order valence-electron chi connectivity index (χ0n) is 12.8. The van der Waals surface area contributed by atoms with Crippen LogP contribution in [-0.2, 0) is 0 Å². The molecule has 0 fully saturated rings. The molecule has 0 saturated carbocycles. The van der Waals surface area contributed by atoms with Crippen molar-refractivity contribution >= 4 is 0 Å². The molecule has 3 nitrogen and oxygen atoms in total. The van der Waals surface area contributed by atoms with Crippen LogP contribution in [0, 0.1) is 20.8 Å². The highest BCUT2D eigenvalue weighted by atomic mass is 14.9. The highest BCUT2D eigenvalue weighted by Crippen LogP contribution is 2.23. The molecule has 0 bridgehead atoms. The van der Waals surface area contributed by atoms with Crippen molar-refractivity contribution in [3.63, 3.8) is 0 Å². The Bertz CT molecular complexity index is 541. The highest BCUT2D eigenvalue weighted by molar-refractivity contribution is 5.32. The van der Waals surface area contributed by atoms with Crippen molar-refractivity contribution < 1.29 is 0 Å². The normalized spacial score (nSPS) is 12.4. The second-order valence-electron chi connectivity index (χ2n) is 5.30. The second kappa shape index (κ2) is 6.62. The van der Waals surface area contributed by atoms with Crippen molar-refractivity contribution in [1.29, 1.82) is 0 Å². The van der Waals surface area contributed by atoms with Gasteiger partial charge in [0.25, 0.3) is 0 Å². The fourth-order valence-corrected chi connectivity index (χ4v) is 2.40. The lowest BCUT2D eigenvalue weighted by molar-refractivity contribution is 0.595. The minimum atomic E-state index is 0.184. The van der Waals surface area contributed by atoms with Gasteiger partial charge in [0.1, 0.15) is 0 Å². The molecule has 0 aromatic carbocycles. The second-order valence-corrected chi connectivity index (χ2v) is 5.30. The number of rotatable bonds is 5. The summed E-state index contributed by atoms with van der Waals surface area (Å²) in [4.78, 5) is 8.88. The lowest BCUT2D eigenvalue weighted by atomic mass is 9.99. The van der Waals surface area contributed by atoms with Crippen LogP contribution in [0.25, 0.3) is 0 Å². The minimum Gasteiger partial charge on any atom is -0.306 e. The van der Waals surface area contributed by atoms with Gasteiger partial charge < -0.3 is 5.32 Å². The van der Waals surface area contributed by atoms with E-state index in [1.807, 2.05) is 27.0 Å². The van der Waals surface area contributed by atoms with Crippen molar-refractivity contribution in [1.82, 2.24) is 15.3 Å². The summed E-state index contributed by atoms with van der Waals surface area (Å²) in [5, 5.41) is 3.61. The standard InChI is InChI=1S/C17H23N3/c1-5-8-18-17(15-7-6-12(2)19-11-15)16-9-13(3)20-14(4)10-16/h6-7,9-11,17-18H,5,8H2,1-4H3. The number of hydrogen-bond acceptors (Lipinski definition) is 3. The Morgan fingerprint density at radius 3 is 2.25 bits per heavy atom.